The van der Waals surface area contributed by atoms with Gasteiger partial charge in [0.25, 0.3) is 5.91 Å². The van der Waals surface area contributed by atoms with Crippen LogP contribution in [-0.4, -0.2) is 10.9 Å². The van der Waals surface area contributed by atoms with Gasteiger partial charge in [-0.05, 0) is 6.07 Å². The van der Waals surface area contributed by atoms with E-state index in [-0.39, 0.29) is 11.3 Å². The standard InChI is InChI=1S/C12H6F4N2O/c13-8-4-7(5-9(14)11(8)16)18-12(19)6-1-2-17-10(15)3-6/h1-5H,(H,18,19). The number of amides is 1. The molecule has 1 amide bonds. The highest BCUT2D eigenvalue weighted by atomic mass is 19.2. The number of hydrogen-bond donors (Lipinski definition) is 1. The van der Waals surface area contributed by atoms with Crippen molar-refractivity contribution in [2.45, 2.75) is 0 Å². The van der Waals surface area contributed by atoms with Crippen molar-refractivity contribution >= 4 is 11.6 Å². The summed E-state index contributed by atoms with van der Waals surface area (Å²) in [4.78, 5) is 14.9. The van der Waals surface area contributed by atoms with Crippen LogP contribution in [0.25, 0.3) is 0 Å². The molecule has 1 N–H and O–H groups in total. The number of nitrogens with zero attached hydrogens (tertiary/aromatic N) is 1. The van der Waals surface area contributed by atoms with Gasteiger partial charge >= 0.3 is 0 Å². The molecule has 0 saturated carbocycles. The van der Waals surface area contributed by atoms with Crippen molar-refractivity contribution in [3.05, 3.63) is 59.4 Å². The van der Waals surface area contributed by atoms with E-state index in [1.807, 2.05) is 0 Å². The maximum Gasteiger partial charge on any atom is 0.255 e. The summed E-state index contributed by atoms with van der Waals surface area (Å²) in [7, 11) is 0. The number of carbonyl (C=O) groups excluding carboxylic acids is 1. The highest BCUT2D eigenvalue weighted by Crippen LogP contribution is 2.18. The Morgan fingerprint density at radius 1 is 1.05 bits per heavy atom. The molecule has 7 heteroatoms. The number of nitrogens with one attached hydrogen (secondary N) is 1. The predicted octanol–water partition coefficient (Wildman–Crippen LogP) is 2.89. The van der Waals surface area contributed by atoms with Gasteiger partial charge in [0.2, 0.25) is 5.95 Å². The lowest BCUT2D eigenvalue weighted by Gasteiger charge is -2.06. The average molecular weight is 270 g/mol. The van der Waals surface area contributed by atoms with Gasteiger partial charge in [-0.2, -0.15) is 4.39 Å². The van der Waals surface area contributed by atoms with Crippen LogP contribution < -0.4 is 5.32 Å². The van der Waals surface area contributed by atoms with E-state index >= 15 is 0 Å². The summed E-state index contributed by atoms with van der Waals surface area (Å²) in [6.45, 7) is 0. The second-order valence-electron chi connectivity index (χ2n) is 3.58. The quantitative estimate of drug-likeness (QED) is 0.518. The Bertz CT molecular complexity index is 622. The third kappa shape index (κ3) is 2.87. The van der Waals surface area contributed by atoms with Crippen molar-refractivity contribution < 1.29 is 22.4 Å². The number of hydrogen-bond acceptors (Lipinski definition) is 2. The summed E-state index contributed by atoms with van der Waals surface area (Å²) < 4.78 is 51.3. The third-order valence-corrected chi connectivity index (χ3v) is 2.23. The third-order valence-electron chi connectivity index (χ3n) is 2.23. The molecule has 2 aromatic rings. The Hall–Kier alpha value is -2.44. The highest BCUT2D eigenvalue weighted by Gasteiger charge is 2.13. The summed E-state index contributed by atoms with van der Waals surface area (Å²) in [5.74, 6) is -6.17. The normalized spacial score (nSPS) is 10.3. The Morgan fingerprint density at radius 2 is 1.68 bits per heavy atom. The van der Waals surface area contributed by atoms with Crippen molar-refractivity contribution in [1.29, 1.82) is 0 Å². The molecule has 1 aromatic carbocycles. The number of aromatic nitrogens is 1. The molecule has 0 aliphatic carbocycles. The molecule has 0 saturated heterocycles. The first-order chi connectivity index (χ1) is 8.97. The summed E-state index contributed by atoms with van der Waals surface area (Å²) in [6, 6.07) is 3.31. The van der Waals surface area contributed by atoms with Gasteiger partial charge < -0.3 is 5.32 Å². The van der Waals surface area contributed by atoms with Crippen LogP contribution in [0.1, 0.15) is 10.4 Å². The van der Waals surface area contributed by atoms with E-state index < -0.39 is 29.3 Å². The Balaban J connectivity index is 2.24. The van der Waals surface area contributed by atoms with Crippen LogP contribution in [0, 0.1) is 23.4 Å². The number of rotatable bonds is 2. The van der Waals surface area contributed by atoms with Crippen LogP contribution in [0.2, 0.25) is 0 Å². The maximum atomic E-state index is 12.9. The smallest absolute Gasteiger partial charge is 0.255 e. The van der Waals surface area contributed by atoms with Gasteiger partial charge in [-0.3, -0.25) is 4.79 Å². The first-order valence-electron chi connectivity index (χ1n) is 5.05. The molecule has 19 heavy (non-hydrogen) atoms. The fraction of sp³-hybridized carbons (Fsp3) is 0. The molecule has 0 fully saturated rings. The lowest BCUT2D eigenvalue weighted by molar-refractivity contribution is 0.102. The molecule has 0 atom stereocenters. The molecule has 0 aliphatic heterocycles. The largest absolute Gasteiger partial charge is 0.322 e. The lowest BCUT2D eigenvalue weighted by atomic mass is 10.2. The van der Waals surface area contributed by atoms with Gasteiger partial charge in [0.15, 0.2) is 17.5 Å². The topological polar surface area (TPSA) is 42.0 Å². The number of carbonyl (C=O) groups is 1. The van der Waals surface area contributed by atoms with Crippen LogP contribution in [0.4, 0.5) is 23.2 Å². The zero-order valence-corrected chi connectivity index (χ0v) is 9.25. The molecule has 0 aliphatic rings. The van der Waals surface area contributed by atoms with Crippen LogP contribution >= 0.6 is 0 Å². The van der Waals surface area contributed by atoms with E-state index in [1.54, 1.807) is 0 Å². The van der Waals surface area contributed by atoms with E-state index in [9.17, 15) is 22.4 Å². The van der Waals surface area contributed by atoms with Crippen molar-refractivity contribution in [3.8, 4) is 0 Å². The Labute approximate surface area is 104 Å². The first-order valence-corrected chi connectivity index (χ1v) is 5.05. The summed E-state index contributed by atoms with van der Waals surface area (Å²) in [5.41, 5.74) is -0.365. The lowest BCUT2D eigenvalue weighted by Crippen LogP contribution is -2.13. The van der Waals surface area contributed by atoms with E-state index in [4.69, 9.17) is 0 Å². The molecule has 0 unspecified atom stereocenters. The molecule has 98 valence electrons. The molecule has 3 nitrogen and oxygen atoms in total. The zero-order chi connectivity index (χ0) is 14.0. The second kappa shape index (κ2) is 5.05. The van der Waals surface area contributed by atoms with Gasteiger partial charge in [0, 0.05) is 35.6 Å². The molecule has 1 heterocycles. The minimum Gasteiger partial charge on any atom is -0.322 e. The number of halogens is 4. The van der Waals surface area contributed by atoms with Crippen LogP contribution in [0.15, 0.2) is 30.5 Å². The van der Waals surface area contributed by atoms with Gasteiger partial charge in [0.05, 0.1) is 0 Å². The number of benzene rings is 1. The molecule has 0 spiro atoms. The van der Waals surface area contributed by atoms with Crippen molar-refractivity contribution in [3.63, 3.8) is 0 Å². The van der Waals surface area contributed by atoms with Crippen LogP contribution in [0.3, 0.4) is 0 Å². The predicted molar refractivity (Wildman–Crippen MR) is 58.5 cm³/mol. The van der Waals surface area contributed by atoms with Crippen molar-refractivity contribution in [2.24, 2.45) is 0 Å². The molecular formula is C12H6F4N2O. The van der Waals surface area contributed by atoms with E-state index in [0.717, 1.165) is 12.3 Å². The van der Waals surface area contributed by atoms with Gasteiger partial charge in [0.1, 0.15) is 0 Å². The van der Waals surface area contributed by atoms with Crippen LogP contribution in [0.5, 0.6) is 0 Å². The SMILES string of the molecule is O=C(Nc1cc(F)c(F)c(F)c1)c1ccnc(F)c1. The molecule has 0 bridgehead atoms. The van der Waals surface area contributed by atoms with E-state index in [1.165, 1.54) is 6.07 Å². The Morgan fingerprint density at radius 3 is 2.26 bits per heavy atom. The molecular weight excluding hydrogens is 264 g/mol. The summed E-state index contributed by atoms with van der Waals surface area (Å²) in [5, 5.41) is 2.11. The minimum absolute atomic E-state index is 0.0855. The minimum atomic E-state index is -1.63. The van der Waals surface area contributed by atoms with Gasteiger partial charge in [-0.15, -0.1) is 0 Å². The molecule has 0 radical (unpaired) electrons. The van der Waals surface area contributed by atoms with E-state index in [0.29, 0.717) is 12.1 Å². The number of anilines is 1. The molecule has 2 rings (SSSR count). The van der Waals surface area contributed by atoms with Crippen molar-refractivity contribution in [2.75, 3.05) is 5.32 Å². The second-order valence-corrected chi connectivity index (χ2v) is 3.58. The first kappa shape index (κ1) is 13.0. The Kier molecular flexibility index (Phi) is 3.46. The van der Waals surface area contributed by atoms with Crippen molar-refractivity contribution in [1.82, 2.24) is 4.98 Å². The average Bonchev–Trinajstić information content (AvgIpc) is 2.36. The summed E-state index contributed by atoms with van der Waals surface area (Å²) >= 11 is 0. The monoisotopic (exact) mass is 270 g/mol. The fourth-order valence-corrected chi connectivity index (χ4v) is 1.37. The van der Waals surface area contributed by atoms with E-state index in [2.05, 4.69) is 10.3 Å². The molecule has 1 aromatic heterocycles. The van der Waals surface area contributed by atoms with Crippen LogP contribution in [-0.2, 0) is 0 Å². The maximum absolute atomic E-state index is 12.9. The zero-order valence-electron chi connectivity index (χ0n) is 9.25. The van der Waals surface area contributed by atoms with Gasteiger partial charge in [-0.25, -0.2) is 18.2 Å². The highest BCUT2D eigenvalue weighted by molar-refractivity contribution is 6.04. The van der Waals surface area contributed by atoms with Gasteiger partial charge in [-0.1, -0.05) is 0 Å². The number of pyridine rings is 1. The summed E-state index contributed by atoms with van der Waals surface area (Å²) in [6.07, 6.45) is 1.07. The fourth-order valence-electron chi connectivity index (χ4n) is 1.37.